The number of ketones is 1. The summed E-state index contributed by atoms with van der Waals surface area (Å²) in [6.45, 7) is -0.763. The second-order valence-electron chi connectivity index (χ2n) is 10.2. The van der Waals surface area contributed by atoms with Crippen molar-refractivity contribution < 1.29 is 59.5 Å². The van der Waals surface area contributed by atoms with Crippen LogP contribution < -0.4 is 10.0 Å². The molecule has 1 atom stereocenters. The van der Waals surface area contributed by atoms with Gasteiger partial charge in [0.15, 0.2) is 0 Å². The molecule has 1 aromatic carbocycles. The van der Waals surface area contributed by atoms with E-state index in [2.05, 4.69) is 38.6 Å². The summed E-state index contributed by atoms with van der Waals surface area (Å²) in [6, 6.07) is 12.1. The first-order chi connectivity index (χ1) is 22.5. The van der Waals surface area contributed by atoms with E-state index in [1.165, 1.54) is 0 Å². The van der Waals surface area contributed by atoms with E-state index in [9.17, 15) is 37.2 Å². The molecule has 0 fully saturated rings. The molecule has 1 aliphatic heterocycles. The van der Waals surface area contributed by atoms with E-state index in [0.29, 0.717) is 62.1 Å². The van der Waals surface area contributed by atoms with E-state index in [1.807, 2.05) is 6.07 Å². The van der Waals surface area contributed by atoms with Crippen molar-refractivity contribution in [1.82, 2.24) is 14.6 Å². The van der Waals surface area contributed by atoms with Crippen molar-refractivity contribution in [3.8, 4) is 0 Å². The fraction of sp³-hybridized carbons (Fsp3) is 0.448. The molecule has 0 saturated heterocycles. The predicted octanol–water partition coefficient (Wildman–Crippen LogP) is 1.46. The Labute approximate surface area is 288 Å². The SMILES string of the molecule is O=C(C[S-])[N-]CC(=O)[N-]CC(=O)[N-]CC(=O)NCCCCCCS(=O)(=O)NC(=O)C1CCn2c(C(=O)c3ccccc3)ccc21.[O]=[Tc+4]. The maximum atomic E-state index is 12.9. The van der Waals surface area contributed by atoms with Crippen LogP contribution in [0.1, 0.15) is 59.8 Å². The van der Waals surface area contributed by atoms with Crippen molar-refractivity contribution >= 4 is 58.0 Å². The molecular weight excluding hydrogens is 738 g/mol. The summed E-state index contributed by atoms with van der Waals surface area (Å²) in [5.74, 6) is -4.60. The number of hydrogen-bond acceptors (Lipinski definition) is 10. The van der Waals surface area contributed by atoms with Crippen LogP contribution in [0.2, 0.25) is 0 Å². The molecule has 0 saturated carbocycles. The van der Waals surface area contributed by atoms with Crippen molar-refractivity contribution in [2.75, 3.05) is 37.7 Å². The second-order valence-corrected chi connectivity index (χ2v) is 12.3. The zero-order valence-electron chi connectivity index (χ0n) is 25.3. The maximum absolute atomic E-state index is 12.9. The van der Waals surface area contributed by atoms with Crippen molar-refractivity contribution in [3.05, 3.63) is 75.4 Å². The molecule has 2 heterocycles. The molecule has 2 N–H and O–H groups in total. The van der Waals surface area contributed by atoms with Gasteiger partial charge in [-0.3, -0.25) is 19.1 Å². The Morgan fingerprint density at radius 1 is 0.830 bits per heavy atom. The molecule has 1 unspecified atom stereocenters. The van der Waals surface area contributed by atoms with E-state index in [1.54, 1.807) is 41.0 Å². The number of unbranched alkanes of at least 4 members (excludes halogenated alkanes) is 3. The molecule has 1 aliphatic rings. The van der Waals surface area contributed by atoms with Gasteiger partial charge in [0.2, 0.25) is 27.6 Å². The number of rotatable bonds is 18. The van der Waals surface area contributed by atoms with E-state index < -0.39 is 65.1 Å². The molecule has 47 heavy (non-hydrogen) atoms. The third-order valence-corrected chi connectivity index (χ3v) is 8.41. The number of amides is 5. The quantitative estimate of drug-likeness (QED) is 0.126. The summed E-state index contributed by atoms with van der Waals surface area (Å²) < 4.78 is 37.2. The number of sulfonamides is 1. The summed E-state index contributed by atoms with van der Waals surface area (Å²) in [4.78, 5) is 71.6. The van der Waals surface area contributed by atoms with Crippen LogP contribution in [0.3, 0.4) is 0 Å². The number of carbonyl (C=O) groups is 6. The topological polar surface area (TPSA) is 225 Å². The van der Waals surface area contributed by atoms with Crippen LogP contribution in [-0.4, -0.2) is 86.0 Å². The van der Waals surface area contributed by atoms with Gasteiger partial charge in [-0.15, -0.1) is 5.75 Å². The van der Waals surface area contributed by atoms with E-state index in [0.717, 1.165) is 18.9 Å². The molecule has 0 spiro atoms. The van der Waals surface area contributed by atoms with Gasteiger partial charge in [0.1, 0.15) is 0 Å². The molecule has 2 aromatic rings. The summed E-state index contributed by atoms with van der Waals surface area (Å²) in [6.07, 6.45) is 2.43. The average Bonchev–Trinajstić information content (AvgIpc) is 3.68. The van der Waals surface area contributed by atoms with Crippen LogP contribution in [0.4, 0.5) is 0 Å². The third kappa shape index (κ3) is 13.5. The van der Waals surface area contributed by atoms with Crippen molar-refractivity contribution in [3.63, 3.8) is 0 Å². The molecule has 1 aromatic heterocycles. The number of carbonyl (C=O) groups excluding carboxylic acids is 6. The number of nitrogens with zero attached hydrogens (tertiary/aromatic N) is 4. The van der Waals surface area contributed by atoms with E-state index in [-0.39, 0.29) is 17.3 Å². The molecule has 253 valence electrons. The van der Waals surface area contributed by atoms with Gasteiger partial charge >= 0.3 is 22.4 Å². The van der Waals surface area contributed by atoms with Crippen molar-refractivity contribution in [1.29, 1.82) is 0 Å². The molecule has 0 bridgehead atoms. The first-order valence-electron chi connectivity index (χ1n) is 14.5. The Balaban J connectivity index is 0.00000376. The normalized spacial score (nSPS) is 13.3. The predicted molar refractivity (Wildman–Crippen MR) is 168 cm³/mol. The number of aromatic nitrogens is 1. The third-order valence-electron chi connectivity index (χ3n) is 6.82. The van der Waals surface area contributed by atoms with Crippen LogP contribution in [0.5, 0.6) is 0 Å². The van der Waals surface area contributed by atoms with Crippen LogP contribution in [0.25, 0.3) is 16.0 Å². The van der Waals surface area contributed by atoms with Gasteiger partial charge < -0.3 is 52.8 Å². The Hall–Kier alpha value is -3.73. The second kappa shape index (κ2) is 20.5. The van der Waals surface area contributed by atoms with Gasteiger partial charge in [-0.05, 0) is 37.9 Å². The average molecular weight is 773 g/mol. The summed E-state index contributed by atoms with van der Waals surface area (Å²) in [5.41, 5.74) is 1.60. The summed E-state index contributed by atoms with van der Waals surface area (Å²) in [7, 11) is -3.86. The number of hydrogen-bond donors (Lipinski definition) is 2. The molecule has 0 aliphatic carbocycles. The molecule has 3 rings (SSSR count). The van der Waals surface area contributed by atoms with Crippen LogP contribution in [0.15, 0.2) is 42.5 Å². The van der Waals surface area contributed by atoms with Gasteiger partial charge in [-0.2, -0.15) is 0 Å². The molecule has 18 heteroatoms. The van der Waals surface area contributed by atoms with Gasteiger partial charge in [-0.25, -0.2) is 8.42 Å². The number of benzene rings is 1. The fourth-order valence-electron chi connectivity index (χ4n) is 4.59. The number of nitrogens with one attached hydrogen (secondary N) is 2. The summed E-state index contributed by atoms with van der Waals surface area (Å²) in [5, 5.41) is 12.9. The monoisotopic (exact) mass is 771 g/mol. The van der Waals surface area contributed by atoms with Gasteiger partial charge in [0, 0.05) is 42.1 Å². The van der Waals surface area contributed by atoms with Gasteiger partial charge in [-0.1, -0.05) is 56.3 Å². The molecule has 15 nitrogen and oxygen atoms in total. The van der Waals surface area contributed by atoms with Gasteiger partial charge in [0.05, 0.1) is 17.4 Å². The van der Waals surface area contributed by atoms with Crippen molar-refractivity contribution in [2.24, 2.45) is 0 Å². The first kappa shape index (κ1) is 39.4. The Bertz CT molecular complexity index is 1520. The summed E-state index contributed by atoms with van der Waals surface area (Å²) >= 11 is 5.38. The minimum atomic E-state index is -3.86. The van der Waals surface area contributed by atoms with E-state index >= 15 is 0 Å². The van der Waals surface area contributed by atoms with Gasteiger partial charge in [0.25, 0.3) is 0 Å². The molecule has 5 amide bonds. The molecule has 0 radical (unpaired) electrons. The van der Waals surface area contributed by atoms with Crippen LogP contribution in [-0.2, 0) is 75.5 Å². The molecular formula is C29H34N6O9S2Tc. The standard InChI is InChI=1S/C29H38N6O8S2.O.Tc/c36-24(16-31-25(37)17-32-26(38)18-33-27(39)19-44)30-13-6-1-2-7-15-45(42,43)34-29(41)21-12-14-35-22(21)10-11-23(35)28(40)20-8-4-3-5-9-20;;/h3-5,8-11,21H,1-2,6-7,12-19H2,(H6,30,31,32,33,34,36,37,38,39,41,44);;/q;;+4/p-4. The fourth-order valence-corrected chi connectivity index (χ4v) is 5.82. The Kier molecular flexibility index (Phi) is 17.2. The Morgan fingerprint density at radius 2 is 1.45 bits per heavy atom. The van der Waals surface area contributed by atoms with E-state index in [4.69, 9.17) is 3.50 Å². The van der Waals surface area contributed by atoms with Crippen LogP contribution >= 0.6 is 0 Å². The zero-order chi connectivity index (χ0) is 34.8. The minimum absolute atomic E-state index is 0.162. The number of fused-ring (bicyclic) bond motifs is 1. The van der Waals surface area contributed by atoms with Crippen molar-refractivity contribution in [2.45, 2.75) is 44.6 Å². The Morgan fingerprint density at radius 3 is 2.11 bits per heavy atom. The first-order valence-corrected chi connectivity index (χ1v) is 17.4. The van der Waals surface area contributed by atoms with Crippen LogP contribution in [0, 0.1) is 0 Å². The zero-order valence-corrected chi connectivity index (χ0v) is 28.8.